The fourth-order valence-electron chi connectivity index (χ4n) is 2.48. The Labute approximate surface area is 96.9 Å². The van der Waals surface area contributed by atoms with Gasteiger partial charge in [0.2, 0.25) is 0 Å². The summed E-state index contributed by atoms with van der Waals surface area (Å²) in [6.07, 6.45) is 1.16. The molecule has 3 nitrogen and oxygen atoms in total. The van der Waals surface area contributed by atoms with Crippen LogP contribution in [-0.2, 0) is 6.54 Å². The Balaban J connectivity index is 2.08. The first-order chi connectivity index (χ1) is 7.72. The Hall–Kier alpha value is -1.06. The lowest BCUT2D eigenvalue weighted by Gasteiger charge is -2.25. The van der Waals surface area contributed by atoms with Gasteiger partial charge in [-0.3, -0.25) is 4.90 Å². The topological polar surface area (TPSA) is 49.5 Å². The van der Waals surface area contributed by atoms with Crippen molar-refractivity contribution >= 4 is 5.69 Å². The second-order valence-electron chi connectivity index (χ2n) is 4.69. The summed E-state index contributed by atoms with van der Waals surface area (Å²) >= 11 is 0. The molecule has 2 rings (SSSR count). The van der Waals surface area contributed by atoms with E-state index in [1.165, 1.54) is 0 Å². The Kier molecular flexibility index (Phi) is 3.46. The molecular formula is C13H20N2O. The van der Waals surface area contributed by atoms with Gasteiger partial charge < -0.3 is 10.8 Å². The highest BCUT2D eigenvalue weighted by Gasteiger charge is 2.30. The first-order valence-electron chi connectivity index (χ1n) is 5.90. The highest BCUT2D eigenvalue weighted by molar-refractivity contribution is 5.46. The summed E-state index contributed by atoms with van der Waals surface area (Å²) < 4.78 is 0. The van der Waals surface area contributed by atoms with Gasteiger partial charge in [-0.15, -0.1) is 0 Å². The normalized spacial score (nSPS) is 26.1. The zero-order chi connectivity index (χ0) is 11.5. The number of aliphatic hydroxyl groups excluding tert-OH is 1. The molecule has 1 aromatic carbocycles. The van der Waals surface area contributed by atoms with E-state index in [4.69, 9.17) is 5.73 Å². The molecular weight excluding hydrogens is 200 g/mol. The molecule has 0 saturated carbocycles. The fourth-order valence-corrected chi connectivity index (χ4v) is 2.48. The molecule has 3 N–H and O–H groups in total. The molecule has 1 aromatic rings. The first kappa shape index (κ1) is 11.4. The molecule has 1 aliphatic rings. The quantitative estimate of drug-likeness (QED) is 0.758. The molecule has 3 heteroatoms. The number of rotatable bonds is 3. The number of hydrogen-bond donors (Lipinski definition) is 2. The predicted molar refractivity (Wildman–Crippen MR) is 65.9 cm³/mol. The molecule has 16 heavy (non-hydrogen) atoms. The number of nitrogen functional groups attached to an aromatic ring is 1. The van der Waals surface area contributed by atoms with Gasteiger partial charge in [0.05, 0.1) is 6.61 Å². The monoisotopic (exact) mass is 220 g/mol. The number of likely N-dealkylation sites (tertiary alicyclic amines) is 1. The summed E-state index contributed by atoms with van der Waals surface area (Å²) in [6, 6.07) is 8.25. The summed E-state index contributed by atoms with van der Waals surface area (Å²) in [5, 5.41) is 9.38. The molecule has 2 unspecified atom stereocenters. The van der Waals surface area contributed by atoms with Gasteiger partial charge in [-0.25, -0.2) is 0 Å². The third-order valence-electron chi connectivity index (χ3n) is 3.61. The van der Waals surface area contributed by atoms with E-state index in [0.29, 0.717) is 12.0 Å². The van der Waals surface area contributed by atoms with Crippen molar-refractivity contribution < 1.29 is 5.11 Å². The predicted octanol–water partition coefficient (Wildman–Crippen LogP) is 1.47. The van der Waals surface area contributed by atoms with Crippen LogP contribution in [0.15, 0.2) is 24.3 Å². The average molecular weight is 220 g/mol. The maximum absolute atomic E-state index is 9.38. The Morgan fingerprint density at radius 3 is 2.88 bits per heavy atom. The smallest absolute Gasteiger partial charge is 0.0589 e. The van der Waals surface area contributed by atoms with Crippen LogP contribution in [-0.4, -0.2) is 29.2 Å². The summed E-state index contributed by atoms with van der Waals surface area (Å²) in [5.74, 6) is 0.579. The number of hydrogen-bond acceptors (Lipinski definition) is 3. The van der Waals surface area contributed by atoms with Gasteiger partial charge in [0.25, 0.3) is 0 Å². The highest BCUT2D eigenvalue weighted by Crippen LogP contribution is 2.26. The van der Waals surface area contributed by atoms with Gasteiger partial charge in [-0.2, -0.15) is 0 Å². The molecule has 0 spiro atoms. The van der Waals surface area contributed by atoms with E-state index in [2.05, 4.69) is 17.9 Å². The molecule has 1 fully saturated rings. The van der Waals surface area contributed by atoms with Crippen LogP contribution in [0.2, 0.25) is 0 Å². The maximum atomic E-state index is 9.38. The standard InChI is InChI=1S/C13H20N2O/c1-10-6-7-15(13(10)9-16)8-11-4-2-3-5-12(11)14/h2-5,10,13,16H,6-9,14H2,1H3. The van der Waals surface area contributed by atoms with E-state index >= 15 is 0 Å². The number of para-hydroxylation sites is 1. The maximum Gasteiger partial charge on any atom is 0.0589 e. The van der Waals surface area contributed by atoms with E-state index in [-0.39, 0.29) is 6.61 Å². The summed E-state index contributed by atoms with van der Waals surface area (Å²) in [5.41, 5.74) is 7.94. The van der Waals surface area contributed by atoms with Crippen LogP contribution in [0.1, 0.15) is 18.9 Å². The van der Waals surface area contributed by atoms with Crippen molar-refractivity contribution in [2.75, 3.05) is 18.9 Å². The van der Waals surface area contributed by atoms with Crippen LogP contribution in [0.3, 0.4) is 0 Å². The van der Waals surface area contributed by atoms with Crippen LogP contribution < -0.4 is 5.73 Å². The fraction of sp³-hybridized carbons (Fsp3) is 0.538. The largest absolute Gasteiger partial charge is 0.398 e. The summed E-state index contributed by atoms with van der Waals surface area (Å²) in [7, 11) is 0. The summed E-state index contributed by atoms with van der Waals surface area (Å²) in [4.78, 5) is 2.33. The summed E-state index contributed by atoms with van der Waals surface area (Å²) in [6.45, 7) is 4.35. The second-order valence-corrected chi connectivity index (χ2v) is 4.69. The van der Waals surface area contributed by atoms with Gasteiger partial charge in [-0.1, -0.05) is 25.1 Å². The zero-order valence-electron chi connectivity index (χ0n) is 9.76. The van der Waals surface area contributed by atoms with Crippen molar-refractivity contribution in [3.63, 3.8) is 0 Å². The number of nitrogens with two attached hydrogens (primary N) is 1. The lowest BCUT2D eigenvalue weighted by molar-refractivity contribution is 0.134. The van der Waals surface area contributed by atoms with Gasteiger partial charge in [-0.05, 0) is 30.5 Å². The zero-order valence-corrected chi connectivity index (χ0v) is 9.76. The molecule has 1 saturated heterocycles. The van der Waals surface area contributed by atoms with Gasteiger partial charge in [0.1, 0.15) is 0 Å². The van der Waals surface area contributed by atoms with E-state index in [1.54, 1.807) is 0 Å². The van der Waals surface area contributed by atoms with E-state index in [0.717, 1.165) is 30.8 Å². The van der Waals surface area contributed by atoms with E-state index in [1.807, 2.05) is 18.2 Å². The molecule has 1 aliphatic heterocycles. The Morgan fingerprint density at radius 2 is 2.19 bits per heavy atom. The SMILES string of the molecule is CC1CCN(Cc2ccccc2N)C1CO. The van der Waals surface area contributed by atoms with Crippen LogP contribution in [0.25, 0.3) is 0 Å². The average Bonchev–Trinajstić information content (AvgIpc) is 2.63. The lowest BCUT2D eigenvalue weighted by atomic mass is 10.0. The van der Waals surface area contributed by atoms with Crippen molar-refractivity contribution in [3.8, 4) is 0 Å². The van der Waals surface area contributed by atoms with Crippen molar-refractivity contribution in [1.29, 1.82) is 0 Å². The molecule has 0 bridgehead atoms. The Bertz CT molecular complexity index is 354. The molecule has 1 heterocycles. The second kappa shape index (κ2) is 4.85. The third-order valence-corrected chi connectivity index (χ3v) is 3.61. The van der Waals surface area contributed by atoms with Gasteiger partial charge in [0, 0.05) is 18.3 Å². The van der Waals surface area contributed by atoms with Gasteiger partial charge in [0.15, 0.2) is 0 Å². The van der Waals surface area contributed by atoms with Crippen LogP contribution in [0.5, 0.6) is 0 Å². The number of benzene rings is 1. The van der Waals surface area contributed by atoms with E-state index < -0.39 is 0 Å². The highest BCUT2D eigenvalue weighted by atomic mass is 16.3. The van der Waals surface area contributed by atoms with Crippen molar-refractivity contribution in [3.05, 3.63) is 29.8 Å². The molecule has 0 aromatic heterocycles. The molecule has 88 valence electrons. The minimum absolute atomic E-state index is 0.244. The molecule has 0 aliphatic carbocycles. The number of nitrogens with zero attached hydrogens (tertiary/aromatic N) is 1. The first-order valence-corrected chi connectivity index (χ1v) is 5.90. The van der Waals surface area contributed by atoms with Crippen molar-refractivity contribution in [2.45, 2.75) is 25.9 Å². The minimum Gasteiger partial charge on any atom is -0.398 e. The number of aliphatic hydroxyl groups is 1. The Morgan fingerprint density at radius 1 is 1.44 bits per heavy atom. The van der Waals surface area contributed by atoms with Crippen LogP contribution in [0, 0.1) is 5.92 Å². The van der Waals surface area contributed by atoms with Crippen LogP contribution in [0.4, 0.5) is 5.69 Å². The lowest BCUT2D eigenvalue weighted by Crippen LogP contribution is -2.34. The molecule has 0 amide bonds. The van der Waals surface area contributed by atoms with Gasteiger partial charge >= 0.3 is 0 Å². The van der Waals surface area contributed by atoms with E-state index in [9.17, 15) is 5.11 Å². The van der Waals surface area contributed by atoms with Crippen molar-refractivity contribution in [1.82, 2.24) is 4.90 Å². The molecule has 2 atom stereocenters. The number of anilines is 1. The third kappa shape index (κ3) is 2.20. The minimum atomic E-state index is 0.244. The molecule has 0 radical (unpaired) electrons. The van der Waals surface area contributed by atoms with Crippen LogP contribution >= 0.6 is 0 Å². The van der Waals surface area contributed by atoms with Crippen molar-refractivity contribution in [2.24, 2.45) is 5.92 Å².